The van der Waals surface area contributed by atoms with Crippen molar-refractivity contribution in [2.24, 2.45) is 5.14 Å². The number of unbranched alkanes of at least 4 members (excludes halogenated alkanes) is 1. The molecule has 2 aromatic rings. The van der Waals surface area contributed by atoms with Crippen molar-refractivity contribution in [3.8, 4) is 5.75 Å². The number of likely N-dealkylation sites (tertiary alicyclic amines) is 1. The smallest absolute Gasteiger partial charge is 0.212 e. The van der Waals surface area contributed by atoms with Gasteiger partial charge < -0.3 is 14.7 Å². The van der Waals surface area contributed by atoms with Crippen molar-refractivity contribution in [3.63, 3.8) is 0 Å². The first kappa shape index (κ1) is 22.7. The summed E-state index contributed by atoms with van der Waals surface area (Å²) >= 11 is 0. The molecule has 1 aliphatic rings. The summed E-state index contributed by atoms with van der Waals surface area (Å²) in [6, 6.07) is 12.1. The van der Waals surface area contributed by atoms with Crippen molar-refractivity contribution < 1.29 is 18.3 Å². The van der Waals surface area contributed by atoms with Crippen molar-refractivity contribution in [1.29, 1.82) is 0 Å². The third-order valence-electron chi connectivity index (χ3n) is 5.57. The van der Waals surface area contributed by atoms with Crippen LogP contribution in [0.2, 0.25) is 0 Å². The lowest BCUT2D eigenvalue weighted by Gasteiger charge is -2.32. The Morgan fingerprint density at radius 1 is 1.20 bits per heavy atom. The number of hydrogen-bond acceptors (Lipinski definition) is 5. The van der Waals surface area contributed by atoms with Gasteiger partial charge in [0.05, 0.1) is 5.25 Å². The average Bonchev–Trinajstić information content (AvgIpc) is 2.73. The van der Waals surface area contributed by atoms with Crippen LogP contribution in [0.5, 0.6) is 5.75 Å². The van der Waals surface area contributed by atoms with Gasteiger partial charge in [-0.1, -0.05) is 55.8 Å². The minimum absolute atomic E-state index is 0.185. The molecule has 30 heavy (non-hydrogen) atoms. The van der Waals surface area contributed by atoms with E-state index in [0.29, 0.717) is 32.5 Å². The maximum absolute atomic E-state index is 11.5. The highest BCUT2D eigenvalue weighted by Gasteiger charge is 2.28. The molecule has 1 unspecified atom stereocenters. The number of ether oxygens (including phenoxy) is 1. The molecule has 1 atom stereocenters. The molecule has 1 fully saturated rings. The summed E-state index contributed by atoms with van der Waals surface area (Å²) < 4.78 is 28.9. The Hall–Kier alpha value is -1.93. The molecule has 3 N–H and O–H groups in total. The molecule has 1 aliphatic heterocycles. The molecule has 7 heteroatoms. The average molecular weight is 433 g/mol. The predicted molar refractivity (Wildman–Crippen MR) is 122 cm³/mol. The molecule has 0 aliphatic carbocycles. The number of β-amino-alcohol motifs (C(OH)–C–C–N with tert-alkyl or cyclic N) is 1. The fraction of sp³-hybridized carbons (Fsp3) is 0.478. The zero-order valence-corrected chi connectivity index (χ0v) is 18.4. The Balaban J connectivity index is 1.59. The molecule has 6 nitrogen and oxygen atoms in total. The molecule has 3 rings (SSSR count). The second-order valence-corrected chi connectivity index (χ2v) is 9.79. The summed E-state index contributed by atoms with van der Waals surface area (Å²) in [7, 11) is -3.47. The number of nitrogens with two attached hydrogens (primary N) is 1. The van der Waals surface area contributed by atoms with Gasteiger partial charge in [0, 0.05) is 11.9 Å². The van der Waals surface area contributed by atoms with Gasteiger partial charge in [0.2, 0.25) is 10.0 Å². The topological polar surface area (TPSA) is 92.9 Å². The van der Waals surface area contributed by atoms with Crippen LogP contribution in [0.4, 0.5) is 0 Å². The van der Waals surface area contributed by atoms with Gasteiger partial charge in [-0.3, -0.25) is 0 Å². The second kappa shape index (κ2) is 10.4. The van der Waals surface area contributed by atoms with Crippen molar-refractivity contribution in [2.45, 2.75) is 44.0 Å². The molecule has 164 valence electrons. The van der Waals surface area contributed by atoms with Crippen molar-refractivity contribution in [2.75, 3.05) is 26.2 Å². The van der Waals surface area contributed by atoms with Crippen LogP contribution in [-0.4, -0.2) is 56.0 Å². The molecule has 1 saturated heterocycles. The van der Waals surface area contributed by atoms with E-state index in [-0.39, 0.29) is 6.61 Å². The lowest BCUT2D eigenvalue weighted by molar-refractivity contribution is 0.0625. The van der Waals surface area contributed by atoms with Gasteiger partial charge in [-0.25, -0.2) is 13.6 Å². The SMILES string of the molecule is CCC/C=C/c1ccc(OCC(O)CN2CCC(S(N)(=O)=O)CC2)c2ccccc12. The number of aliphatic hydroxyl groups excluding tert-OH is 1. The van der Waals surface area contributed by atoms with Gasteiger partial charge >= 0.3 is 0 Å². The fourth-order valence-electron chi connectivity index (χ4n) is 3.90. The number of aliphatic hydroxyl groups is 1. The van der Waals surface area contributed by atoms with Crippen LogP contribution >= 0.6 is 0 Å². The van der Waals surface area contributed by atoms with Crippen LogP contribution in [0.1, 0.15) is 38.2 Å². The number of hydrogen-bond donors (Lipinski definition) is 2. The summed E-state index contributed by atoms with van der Waals surface area (Å²) in [5, 5.41) is 17.4. The molecule has 2 aromatic carbocycles. The highest BCUT2D eigenvalue weighted by molar-refractivity contribution is 7.89. The Morgan fingerprint density at radius 2 is 1.90 bits per heavy atom. The molecule has 0 radical (unpaired) electrons. The number of piperidine rings is 1. The Bertz CT molecular complexity index is 966. The number of allylic oxidation sites excluding steroid dienone is 1. The van der Waals surface area contributed by atoms with Crippen LogP contribution in [0.25, 0.3) is 16.8 Å². The number of benzene rings is 2. The summed E-state index contributed by atoms with van der Waals surface area (Å²) in [4.78, 5) is 2.06. The van der Waals surface area contributed by atoms with Crippen molar-refractivity contribution in [3.05, 3.63) is 48.0 Å². The van der Waals surface area contributed by atoms with E-state index < -0.39 is 21.4 Å². The van der Waals surface area contributed by atoms with Gasteiger partial charge in [-0.15, -0.1) is 0 Å². The minimum Gasteiger partial charge on any atom is -0.490 e. The highest BCUT2D eigenvalue weighted by Crippen LogP contribution is 2.29. The van der Waals surface area contributed by atoms with E-state index in [2.05, 4.69) is 30.0 Å². The molecule has 0 bridgehead atoms. The van der Waals surface area contributed by atoms with E-state index in [9.17, 15) is 13.5 Å². The summed E-state index contributed by atoms with van der Waals surface area (Å²) in [5.41, 5.74) is 1.16. The molecular formula is C23H32N2O4S. The van der Waals surface area contributed by atoms with E-state index in [1.54, 1.807) is 0 Å². The maximum atomic E-state index is 11.5. The van der Waals surface area contributed by atoms with E-state index in [4.69, 9.17) is 9.88 Å². The summed E-state index contributed by atoms with van der Waals surface area (Å²) in [5.74, 6) is 0.755. The molecule has 0 amide bonds. The first-order valence-corrected chi connectivity index (χ1v) is 12.2. The van der Waals surface area contributed by atoms with Crippen LogP contribution < -0.4 is 9.88 Å². The van der Waals surface area contributed by atoms with E-state index in [0.717, 1.165) is 34.9 Å². The third kappa shape index (κ3) is 6.04. The van der Waals surface area contributed by atoms with E-state index >= 15 is 0 Å². The first-order valence-electron chi connectivity index (χ1n) is 10.6. The van der Waals surface area contributed by atoms with Gasteiger partial charge in [-0.2, -0.15) is 0 Å². The Morgan fingerprint density at radius 3 is 2.57 bits per heavy atom. The number of sulfonamides is 1. The number of primary sulfonamides is 1. The summed E-state index contributed by atoms with van der Waals surface area (Å²) in [6.45, 7) is 4.02. The van der Waals surface area contributed by atoms with Gasteiger partial charge in [0.25, 0.3) is 0 Å². The lowest BCUT2D eigenvalue weighted by atomic mass is 10.0. The van der Waals surface area contributed by atoms with Crippen molar-refractivity contribution in [1.82, 2.24) is 4.90 Å². The zero-order chi connectivity index (χ0) is 21.6. The standard InChI is InChI=1S/C23H32N2O4S/c1-2-3-4-7-18-10-11-23(22-9-6-5-8-21(18)22)29-17-19(26)16-25-14-12-20(13-15-25)30(24,27)28/h4-11,19-20,26H,2-3,12-17H2,1H3,(H2,24,27,28)/b7-4+. The van der Waals surface area contributed by atoms with E-state index in [1.807, 2.05) is 30.3 Å². The second-order valence-electron chi connectivity index (χ2n) is 7.94. The molecule has 1 heterocycles. The molecule has 0 spiro atoms. The third-order valence-corrected chi connectivity index (χ3v) is 6.97. The maximum Gasteiger partial charge on any atom is 0.212 e. The van der Waals surface area contributed by atoms with Crippen molar-refractivity contribution >= 4 is 26.9 Å². The fourth-order valence-corrected chi connectivity index (χ4v) is 4.77. The number of fused-ring (bicyclic) bond motifs is 1. The molecule has 0 aromatic heterocycles. The molecule has 0 saturated carbocycles. The van der Waals surface area contributed by atoms with E-state index in [1.165, 1.54) is 0 Å². The number of rotatable bonds is 9. The molecular weight excluding hydrogens is 400 g/mol. The van der Waals surface area contributed by atoms with Crippen LogP contribution in [0, 0.1) is 0 Å². The van der Waals surface area contributed by atoms with Crippen LogP contribution in [0.15, 0.2) is 42.5 Å². The van der Waals surface area contributed by atoms with Gasteiger partial charge in [-0.05, 0) is 49.4 Å². The lowest BCUT2D eigenvalue weighted by Crippen LogP contribution is -2.45. The van der Waals surface area contributed by atoms with Crippen LogP contribution in [0.3, 0.4) is 0 Å². The first-order chi connectivity index (χ1) is 14.4. The van der Waals surface area contributed by atoms with Gasteiger partial charge in [0.1, 0.15) is 18.5 Å². The van der Waals surface area contributed by atoms with Crippen LogP contribution in [-0.2, 0) is 10.0 Å². The monoisotopic (exact) mass is 432 g/mol. The highest BCUT2D eigenvalue weighted by atomic mass is 32.2. The normalized spacial score (nSPS) is 17.6. The predicted octanol–water partition coefficient (Wildman–Crippen LogP) is 3.15. The minimum atomic E-state index is -3.47. The van der Waals surface area contributed by atoms with Gasteiger partial charge in [0.15, 0.2) is 0 Å². The Kier molecular flexibility index (Phi) is 7.88. The largest absolute Gasteiger partial charge is 0.490 e. The number of nitrogens with zero attached hydrogens (tertiary/aromatic N) is 1. The summed E-state index contributed by atoms with van der Waals surface area (Å²) in [6.07, 6.45) is 6.86. The zero-order valence-electron chi connectivity index (χ0n) is 17.5. The quantitative estimate of drug-likeness (QED) is 0.635. The Labute approximate surface area is 179 Å².